The molecule has 1 aromatic heterocycles. The van der Waals surface area contributed by atoms with Crippen LogP contribution < -0.4 is 11.1 Å². The minimum Gasteiger partial charge on any atom is -0.352 e. The maximum atomic E-state index is 12.1. The summed E-state index contributed by atoms with van der Waals surface area (Å²) in [6, 6.07) is -0.342. The van der Waals surface area contributed by atoms with Crippen molar-refractivity contribution in [3.05, 3.63) is 18.0 Å². The fourth-order valence-corrected chi connectivity index (χ4v) is 3.23. The maximum absolute atomic E-state index is 12.1. The first-order chi connectivity index (χ1) is 9.10. The normalized spacial score (nSPS) is 25.0. The molecule has 1 saturated carbocycles. The van der Waals surface area contributed by atoms with E-state index in [4.69, 9.17) is 5.73 Å². The van der Waals surface area contributed by atoms with Gasteiger partial charge in [-0.05, 0) is 31.9 Å². The van der Waals surface area contributed by atoms with Crippen LogP contribution >= 0.6 is 11.8 Å². The Balaban J connectivity index is 1.84. The van der Waals surface area contributed by atoms with E-state index in [1.54, 1.807) is 17.1 Å². The molecule has 106 valence electrons. The lowest BCUT2D eigenvalue weighted by molar-refractivity contribution is -0.123. The molecule has 2 rings (SSSR count). The zero-order valence-corrected chi connectivity index (χ0v) is 12.3. The van der Waals surface area contributed by atoms with Crippen LogP contribution in [-0.4, -0.2) is 33.2 Å². The van der Waals surface area contributed by atoms with Crippen LogP contribution in [0.25, 0.3) is 0 Å². The third-order valence-electron chi connectivity index (χ3n) is 3.72. The van der Waals surface area contributed by atoms with Gasteiger partial charge in [0.25, 0.3) is 0 Å². The monoisotopic (exact) mass is 282 g/mol. The number of rotatable bonds is 4. The quantitative estimate of drug-likeness (QED) is 0.870. The first-order valence-electron chi connectivity index (χ1n) is 6.67. The maximum Gasteiger partial charge on any atom is 0.241 e. The Bertz CT molecular complexity index is 426. The number of aromatic nitrogens is 2. The molecule has 0 radical (unpaired) electrons. The number of nitrogens with two attached hydrogens (primary N) is 1. The van der Waals surface area contributed by atoms with Gasteiger partial charge in [0.1, 0.15) is 6.04 Å². The van der Waals surface area contributed by atoms with Crippen molar-refractivity contribution in [3.63, 3.8) is 0 Å². The van der Waals surface area contributed by atoms with Gasteiger partial charge in [0.05, 0.1) is 6.20 Å². The highest BCUT2D eigenvalue weighted by Crippen LogP contribution is 2.27. The molecule has 3 N–H and O–H groups in total. The highest BCUT2D eigenvalue weighted by Gasteiger charge is 2.24. The van der Waals surface area contributed by atoms with Crippen LogP contribution in [0.4, 0.5) is 0 Å². The van der Waals surface area contributed by atoms with Gasteiger partial charge in [-0.2, -0.15) is 16.9 Å². The van der Waals surface area contributed by atoms with E-state index in [1.807, 2.05) is 18.8 Å². The second kappa shape index (κ2) is 6.43. The number of amides is 1. The molecule has 1 aliphatic rings. The summed E-state index contributed by atoms with van der Waals surface area (Å²) in [4.78, 5) is 12.1. The standard InChI is InChI=1S/C13H22N4OS/c1-17-8-9(7-15-17)12(14)13(18)16-10-3-5-11(19-2)6-4-10/h7-8,10-12H,3-6,14H2,1-2H3,(H,16,18). The van der Waals surface area contributed by atoms with Crippen molar-refractivity contribution < 1.29 is 4.79 Å². The Morgan fingerprint density at radius 2 is 2.21 bits per heavy atom. The van der Waals surface area contributed by atoms with Crippen LogP contribution in [0.1, 0.15) is 37.3 Å². The van der Waals surface area contributed by atoms with E-state index in [0.29, 0.717) is 0 Å². The second-order valence-corrected chi connectivity index (χ2v) is 6.28. The predicted molar refractivity (Wildman–Crippen MR) is 77.8 cm³/mol. The van der Waals surface area contributed by atoms with Crippen LogP contribution in [0, 0.1) is 0 Å². The molecule has 1 aliphatic carbocycles. The molecule has 6 heteroatoms. The smallest absolute Gasteiger partial charge is 0.241 e. The van der Waals surface area contributed by atoms with Gasteiger partial charge >= 0.3 is 0 Å². The molecule has 0 bridgehead atoms. The van der Waals surface area contributed by atoms with Gasteiger partial charge in [-0.3, -0.25) is 9.48 Å². The number of nitrogens with zero attached hydrogens (tertiary/aromatic N) is 2. The van der Waals surface area contributed by atoms with Gasteiger partial charge in [0.15, 0.2) is 0 Å². The summed E-state index contributed by atoms with van der Waals surface area (Å²) < 4.78 is 1.66. The lowest BCUT2D eigenvalue weighted by Gasteiger charge is -2.28. The summed E-state index contributed by atoms with van der Waals surface area (Å²) in [5.74, 6) is -0.0967. The van der Waals surface area contributed by atoms with Crippen LogP contribution in [0.5, 0.6) is 0 Å². The largest absolute Gasteiger partial charge is 0.352 e. The average Bonchev–Trinajstić information content (AvgIpc) is 2.85. The molecular formula is C13H22N4OS. The lowest BCUT2D eigenvalue weighted by Crippen LogP contribution is -2.42. The van der Waals surface area contributed by atoms with E-state index in [1.165, 1.54) is 12.8 Å². The molecular weight excluding hydrogens is 260 g/mol. The summed E-state index contributed by atoms with van der Waals surface area (Å²) >= 11 is 1.92. The molecule has 1 amide bonds. The topological polar surface area (TPSA) is 72.9 Å². The third-order valence-corrected chi connectivity index (χ3v) is 4.86. The van der Waals surface area contributed by atoms with Gasteiger partial charge in [0.2, 0.25) is 5.91 Å². The number of carbonyl (C=O) groups excluding carboxylic acids is 1. The van der Waals surface area contributed by atoms with Crippen LogP contribution in [0.2, 0.25) is 0 Å². The highest BCUT2D eigenvalue weighted by molar-refractivity contribution is 7.99. The molecule has 0 aromatic carbocycles. The number of carbonyl (C=O) groups is 1. The number of hydrogen-bond acceptors (Lipinski definition) is 4. The van der Waals surface area contributed by atoms with E-state index < -0.39 is 6.04 Å². The molecule has 1 atom stereocenters. The number of aryl methyl sites for hydroxylation is 1. The summed E-state index contributed by atoms with van der Waals surface area (Å²) in [6.45, 7) is 0. The van der Waals surface area contributed by atoms with Crippen LogP contribution in [-0.2, 0) is 11.8 Å². The van der Waals surface area contributed by atoms with E-state index >= 15 is 0 Å². The summed E-state index contributed by atoms with van der Waals surface area (Å²) in [6.07, 6.45) is 10.0. The SMILES string of the molecule is CSC1CCC(NC(=O)C(N)c2cnn(C)c2)CC1. The molecule has 1 aromatic rings. The summed E-state index contributed by atoms with van der Waals surface area (Å²) in [5.41, 5.74) is 6.71. The first kappa shape index (κ1) is 14.4. The Kier molecular flexibility index (Phi) is 4.87. The van der Waals surface area contributed by atoms with Crippen molar-refractivity contribution in [2.75, 3.05) is 6.26 Å². The number of nitrogens with one attached hydrogen (secondary N) is 1. The van der Waals surface area contributed by atoms with Crippen molar-refractivity contribution in [2.45, 2.75) is 43.0 Å². The molecule has 0 saturated heterocycles. The summed E-state index contributed by atoms with van der Waals surface area (Å²) in [7, 11) is 1.82. The molecule has 1 unspecified atom stereocenters. The van der Waals surface area contributed by atoms with Crippen molar-refractivity contribution in [1.29, 1.82) is 0 Å². The van der Waals surface area contributed by atoms with Gasteiger partial charge in [-0.25, -0.2) is 0 Å². The van der Waals surface area contributed by atoms with E-state index in [-0.39, 0.29) is 11.9 Å². The minimum atomic E-state index is -0.619. The summed E-state index contributed by atoms with van der Waals surface area (Å²) in [5, 5.41) is 7.85. The van der Waals surface area contributed by atoms with Gasteiger partial charge in [-0.1, -0.05) is 0 Å². The lowest BCUT2D eigenvalue weighted by atomic mass is 9.94. The van der Waals surface area contributed by atoms with E-state index in [0.717, 1.165) is 23.7 Å². The molecule has 1 heterocycles. The zero-order chi connectivity index (χ0) is 13.8. The molecule has 1 fully saturated rings. The van der Waals surface area contributed by atoms with Crippen molar-refractivity contribution in [3.8, 4) is 0 Å². The molecule has 5 nitrogen and oxygen atoms in total. The Morgan fingerprint density at radius 3 is 2.74 bits per heavy atom. The first-order valence-corrected chi connectivity index (χ1v) is 7.96. The van der Waals surface area contributed by atoms with Gasteiger partial charge < -0.3 is 11.1 Å². The number of thioether (sulfide) groups is 1. The number of hydrogen-bond donors (Lipinski definition) is 2. The molecule has 0 aliphatic heterocycles. The van der Waals surface area contributed by atoms with Gasteiger partial charge in [-0.15, -0.1) is 0 Å². The fraction of sp³-hybridized carbons (Fsp3) is 0.692. The molecule has 0 spiro atoms. The van der Waals surface area contributed by atoms with Crippen LogP contribution in [0.15, 0.2) is 12.4 Å². The van der Waals surface area contributed by atoms with Crippen molar-refractivity contribution >= 4 is 17.7 Å². The van der Waals surface area contributed by atoms with Crippen molar-refractivity contribution in [1.82, 2.24) is 15.1 Å². The second-order valence-electron chi connectivity index (χ2n) is 5.14. The van der Waals surface area contributed by atoms with E-state index in [2.05, 4.69) is 16.7 Å². The Hall–Kier alpha value is -1.01. The fourth-order valence-electron chi connectivity index (χ4n) is 2.49. The zero-order valence-electron chi connectivity index (χ0n) is 11.5. The van der Waals surface area contributed by atoms with E-state index in [9.17, 15) is 4.79 Å². The predicted octanol–water partition coefficient (Wildman–Crippen LogP) is 1.21. The average molecular weight is 282 g/mol. The van der Waals surface area contributed by atoms with Crippen molar-refractivity contribution in [2.24, 2.45) is 12.8 Å². The van der Waals surface area contributed by atoms with Gasteiger partial charge in [0, 0.05) is 30.1 Å². The minimum absolute atomic E-state index is 0.0967. The Morgan fingerprint density at radius 1 is 1.53 bits per heavy atom. The van der Waals surface area contributed by atoms with Crippen LogP contribution in [0.3, 0.4) is 0 Å². The molecule has 19 heavy (non-hydrogen) atoms. The third kappa shape index (κ3) is 3.73. The Labute approximate surface area is 118 Å². The highest BCUT2D eigenvalue weighted by atomic mass is 32.2.